The van der Waals surface area contributed by atoms with Crippen molar-refractivity contribution >= 4 is 17.6 Å². The summed E-state index contributed by atoms with van der Waals surface area (Å²) < 4.78 is 6.61. The Labute approximate surface area is 140 Å². The number of hydrogen-bond acceptors (Lipinski definition) is 6. The van der Waals surface area contributed by atoms with E-state index in [0.29, 0.717) is 18.7 Å². The molecule has 3 heterocycles. The number of pyridine rings is 1. The van der Waals surface area contributed by atoms with Gasteiger partial charge in [0.2, 0.25) is 0 Å². The summed E-state index contributed by atoms with van der Waals surface area (Å²) in [5.41, 5.74) is 7.11. The molecule has 1 saturated carbocycles. The number of nitrogens with two attached hydrogens (primary N) is 1. The molecule has 2 N–H and O–H groups in total. The fourth-order valence-electron chi connectivity index (χ4n) is 3.35. The van der Waals surface area contributed by atoms with Crippen molar-refractivity contribution in [3.05, 3.63) is 35.7 Å². The number of piperidine rings is 1. The topological polar surface area (TPSA) is 86.3 Å². The molecule has 2 unspecified atom stereocenters. The molecule has 2 aromatic rings. The number of rotatable bonds is 5. The molecule has 1 aliphatic carbocycles. The first-order chi connectivity index (χ1) is 11.6. The third kappa shape index (κ3) is 2.81. The number of ether oxygens (including phenoxy) is 1. The maximum Gasteiger partial charge on any atom is 0.343 e. The van der Waals surface area contributed by atoms with Crippen LogP contribution in [0.3, 0.4) is 0 Å². The number of nitrogen functional groups attached to an aromatic ring is 1. The van der Waals surface area contributed by atoms with Crippen molar-refractivity contribution in [2.24, 2.45) is 11.8 Å². The molecule has 2 aliphatic rings. The molecule has 2 aromatic heterocycles. The first-order valence-electron chi connectivity index (χ1n) is 8.34. The second-order valence-electron chi connectivity index (χ2n) is 6.53. The van der Waals surface area contributed by atoms with Crippen LogP contribution >= 0.6 is 0 Å². The number of esters is 1. The van der Waals surface area contributed by atoms with E-state index in [1.54, 1.807) is 17.8 Å². The summed E-state index contributed by atoms with van der Waals surface area (Å²) in [5, 5.41) is 4.18. The zero-order chi connectivity index (χ0) is 16.7. The molecular formula is C17H21N5O2. The molecule has 0 aromatic carbocycles. The van der Waals surface area contributed by atoms with Gasteiger partial charge in [0.1, 0.15) is 11.4 Å². The quantitative estimate of drug-likeness (QED) is 0.838. The van der Waals surface area contributed by atoms with Crippen LogP contribution in [0.1, 0.15) is 29.3 Å². The standard InChI is InChI=1S/C17H21N5O2/c1-2-24-17(23)14-10-22(20-16(14)18)7-11-3-4-15(19-6-11)21-8-12-5-13(12)9-21/h3-4,6,10,12-13H,2,5,7-9H2,1H3,(H2,18,20). The van der Waals surface area contributed by atoms with Crippen molar-refractivity contribution in [2.45, 2.75) is 19.9 Å². The van der Waals surface area contributed by atoms with Crippen molar-refractivity contribution in [3.63, 3.8) is 0 Å². The van der Waals surface area contributed by atoms with Crippen molar-refractivity contribution in [1.29, 1.82) is 0 Å². The van der Waals surface area contributed by atoms with Crippen LogP contribution in [-0.4, -0.2) is 40.4 Å². The summed E-state index contributed by atoms with van der Waals surface area (Å²) in [6.07, 6.45) is 4.87. The Morgan fingerprint density at radius 3 is 2.83 bits per heavy atom. The van der Waals surface area contributed by atoms with E-state index in [1.165, 1.54) is 6.42 Å². The zero-order valence-corrected chi connectivity index (χ0v) is 13.7. The molecule has 7 nitrogen and oxygen atoms in total. The van der Waals surface area contributed by atoms with E-state index in [-0.39, 0.29) is 5.82 Å². The molecule has 126 valence electrons. The van der Waals surface area contributed by atoms with Gasteiger partial charge in [-0.1, -0.05) is 6.07 Å². The molecule has 0 spiro atoms. The molecule has 2 fully saturated rings. The first-order valence-corrected chi connectivity index (χ1v) is 8.34. The Balaban J connectivity index is 1.43. The lowest BCUT2D eigenvalue weighted by atomic mass is 10.2. The lowest BCUT2D eigenvalue weighted by Gasteiger charge is -2.18. The molecule has 1 saturated heterocycles. The van der Waals surface area contributed by atoms with Crippen LogP contribution < -0.4 is 10.6 Å². The zero-order valence-electron chi connectivity index (χ0n) is 13.7. The minimum absolute atomic E-state index is 0.189. The predicted octanol–water partition coefficient (Wildman–Crippen LogP) is 1.54. The Morgan fingerprint density at radius 2 is 2.17 bits per heavy atom. The Kier molecular flexibility index (Phi) is 3.63. The van der Waals surface area contributed by atoms with E-state index in [9.17, 15) is 4.79 Å². The highest BCUT2D eigenvalue weighted by Crippen LogP contribution is 2.45. The minimum Gasteiger partial charge on any atom is -0.462 e. The van der Waals surface area contributed by atoms with Crippen LogP contribution in [0, 0.1) is 11.8 Å². The van der Waals surface area contributed by atoms with Gasteiger partial charge >= 0.3 is 5.97 Å². The SMILES string of the molecule is CCOC(=O)c1cn(Cc2ccc(N3CC4CC4C3)nc2)nc1N. The number of fused-ring (bicyclic) bond motifs is 1. The van der Waals surface area contributed by atoms with Gasteiger partial charge in [0.25, 0.3) is 0 Å². The molecular weight excluding hydrogens is 306 g/mol. The lowest BCUT2D eigenvalue weighted by molar-refractivity contribution is 0.0527. The smallest absolute Gasteiger partial charge is 0.343 e. The fraction of sp³-hybridized carbons (Fsp3) is 0.471. The van der Waals surface area contributed by atoms with Crippen LogP contribution in [0.5, 0.6) is 0 Å². The van der Waals surface area contributed by atoms with E-state index in [4.69, 9.17) is 10.5 Å². The van der Waals surface area contributed by atoms with E-state index in [2.05, 4.69) is 21.0 Å². The van der Waals surface area contributed by atoms with Crippen LogP contribution in [-0.2, 0) is 11.3 Å². The highest BCUT2D eigenvalue weighted by atomic mass is 16.5. The fourth-order valence-corrected chi connectivity index (χ4v) is 3.35. The van der Waals surface area contributed by atoms with E-state index in [0.717, 1.165) is 36.3 Å². The number of anilines is 2. The Morgan fingerprint density at radius 1 is 1.38 bits per heavy atom. The molecule has 7 heteroatoms. The van der Waals surface area contributed by atoms with Crippen molar-refractivity contribution in [1.82, 2.24) is 14.8 Å². The second kappa shape index (κ2) is 5.81. The van der Waals surface area contributed by atoms with Gasteiger partial charge in [0, 0.05) is 25.5 Å². The number of aromatic nitrogens is 3. The number of nitrogens with zero attached hydrogens (tertiary/aromatic N) is 4. The van der Waals surface area contributed by atoms with Gasteiger partial charge in [-0.15, -0.1) is 0 Å². The summed E-state index contributed by atoms with van der Waals surface area (Å²) in [7, 11) is 0. The van der Waals surface area contributed by atoms with E-state index >= 15 is 0 Å². The number of carbonyl (C=O) groups excluding carboxylic acids is 1. The number of carbonyl (C=O) groups is 1. The molecule has 24 heavy (non-hydrogen) atoms. The first kappa shape index (κ1) is 15.0. The average molecular weight is 327 g/mol. The molecule has 1 aliphatic heterocycles. The Bertz CT molecular complexity index is 745. The molecule has 0 amide bonds. The van der Waals surface area contributed by atoms with Gasteiger partial charge in [0.15, 0.2) is 5.82 Å². The monoisotopic (exact) mass is 327 g/mol. The van der Waals surface area contributed by atoms with Crippen LogP contribution in [0.25, 0.3) is 0 Å². The van der Waals surface area contributed by atoms with Crippen molar-refractivity contribution in [2.75, 3.05) is 30.3 Å². The highest BCUT2D eigenvalue weighted by molar-refractivity contribution is 5.93. The molecule has 4 rings (SSSR count). The van der Waals surface area contributed by atoms with Gasteiger partial charge in [-0.2, -0.15) is 5.10 Å². The predicted molar refractivity (Wildman–Crippen MR) is 89.7 cm³/mol. The van der Waals surface area contributed by atoms with Gasteiger partial charge < -0.3 is 15.4 Å². The second-order valence-corrected chi connectivity index (χ2v) is 6.53. The summed E-state index contributed by atoms with van der Waals surface area (Å²) in [5.74, 6) is 2.56. The lowest BCUT2D eigenvalue weighted by Crippen LogP contribution is -2.22. The van der Waals surface area contributed by atoms with Gasteiger partial charge in [0.05, 0.1) is 13.2 Å². The number of hydrogen-bond donors (Lipinski definition) is 1. The minimum atomic E-state index is -0.442. The largest absolute Gasteiger partial charge is 0.462 e. The van der Waals surface area contributed by atoms with Crippen molar-refractivity contribution < 1.29 is 9.53 Å². The maximum atomic E-state index is 11.8. The Hall–Kier alpha value is -2.57. The third-order valence-corrected chi connectivity index (χ3v) is 4.74. The van der Waals surface area contributed by atoms with Crippen molar-refractivity contribution in [3.8, 4) is 0 Å². The van der Waals surface area contributed by atoms with Crippen LogP contribution in [0.15, 0.2) is 24.5 Å². The molecule has 0 bridgehead atoms. The van der Waals surface area contributed by atoms with E-state index in [1.807, 2.05) is 12.3 Å². The van der Waals surface area contributed by atoms with Crippen LogP contribution in [0.4, 0.5) is 11.6 Å². The van der Waals surface area contributed by atoms with Crippen LogP contribution in [0.2, 0.25) is 0 Å². The van der Waals surface area contributed by atoms with E-state index < -0.39 is 5.97 Å². The van der Waals surface area contributed by atoms with Gasteiger partial charge in [-0.25, -0.2) is 9.78 Å². The normalized spacial score (nSPS) is 21.6. The average Bonchev–Trinajstić information content (AvgIpc) is 3.00. The maximum absolute atomic E-state index is 11.8. The summed E-state index contributed by atoms with van der Waals surface area (Å²) >= 11 is 0. The summed E-state index contributed by atoms with van der Waals surface area (Å²) in [4.78, 5) is 18.7. The van der Waals surface area contributed by atoms with Gasteiger partial charge in [-0.3, -0.25) is 4.68 Å². The third-order valence-electron chi connectivity index (χ3n) is 4.74. The molecule has 0 radical (unpaired) electrons. The summed E-state index contributed by atoms with van der Waals surface area (Å²) in [6.45, 7) is 4.86. The van der Waals surface area contributed by atoms with Gasteiger partial charge in [-0.05, 0) is 36.8 Å². The molecule has 2 atom stereocenters. The highest BCUT2D eigenvalue weighted by Gasteiger charge is 2.45. The summed E-state index contributed by atoms with van der Waals surface area (Å²) in [6, 6.07) is 4.10.